The summed E-state index contributed by atoms with van der Waals surface area (Å²) in [5.41, 5.74) is 0. The van der Waals surface area contributed by atoms with Crippen molar-refractivity contribution in [2.24, 2.45) is 0 Å². The summed E-state index contributed by atoms with van der Waals surface area (Å²) in [4.78, 5) is 2.46. The minimum absolute atomic E-state index is 0.569. The van der Waals surface area contributed by atoms with E-state index >= 15 is 0 Å². The van der Waals surface area contributed by atoms with Crippen LogP contribution in [0.3, 0.4) is 0 Å². The van der Waals surface area contributed by atoms with E-state index in [1.165, 1.54) is 0 Å². The zero-order chi connectivity index (χ0) is 9.52. The molecule has 1 N–H and O–H groups in total. The van der Waals surface area contributed by atoms with Gasteiger partial charge in [-0.25, -0.2) is 0 Å². The molecule has 1 atom stereocenters. The van der Waals surface area contributed by atoms with Gasteiger partial charge < -0.3 is 10.1 Å². The van der Waals surface area contributed by atoms with Crippen molar-refractivity contribution in [2.45, 2.75) is 13.0 Å². The smallest absolute Gasteiger partial charge is 0.0619 e. The summed E-state index contributed by atoms with van der Waals surface area (Å²) in [5.74, 6) is 0. The molecular weight excluding hydrogens is 164 g/mol. The van der Waals surface area contributed by atoms with E-state index in [2.05, 4.69) is 23.7 Å². The van der Waals surface area contributed by atoms with Gasteiger partial charge in [0, 0.05) is 32.2 Å². The van der Waals surface area contributed by atoms with E-state index in [4.69, 9.17) is 4.74 Å². The summed E-state index contributed by atoms with van der Waals surface area (Å²) in [7, 11) is 0. The third-order valence-electron chi connectivity index (χ3n) is 2.37. The molecule has 0 amide bonds. The first kappa shape index (κ1) is 10.7. The number of ether oxygens (including phenoxy) is 1. The van der Waals surface area contributed by atoms with Gasteiger partial charge in [0.2, 0.25) is 0 Å². The van der Waals surface area contributed by atoms with Crippen molar-refractivity contribution in [3.63, 3.8) is 0 Å². The number of hydrogen-bond donors (Lipinski definition) is 1. The van der Waals surface area contributed by atoms with Crippen molar-refractivity contribution in [2.75, 3.05) is 39.4 Å². The van der Waals surface area contributed by atoms with Crippen molar-refractivity contribution in [3.05, 3.63) is 12.7 Å². The third kappa shape index (κ3) is 3.89. The Morgan fingerprint density at radius 3 is 3.23 bits per heavy atom. The molecule has 1 aliphatic rings. The zero-order valence-electron chi connectivity index (χ0n) is 8.46. The van der Waals surface area contributed by atoms with Crippen LogP contribution < -0.4 is 5.32 Å². The van der Waals surface area contributed by atoms with Crippen LogP contribution in [0, 0.1) is 0 Å². The van der Waals surface area contributed by atoms with Gasteiger partial charge in [0.1, 0.15) is 0 Å². The molecule has 1 heterocycles. The largest absolute Gasteiger partial charge is 0.379 e. The van der Waals surface area contributed by atoms with Crippen LogP contribution in [0.15, 0.2) is 12.7 Å². The monoisotopic (exact) mass is 184 g/mol. The average molecular weight is 184 g/mol. The molecule has 0 bridgehead atoms. The standard InChI is InChI=1S/C10H20N2O/c1-3-4-11-5-6-12-7-8-13-9-10(12)2/h3,10-11H,1,4-9H2,2H3. The lowest BCUT2D eigenvalue weighted by Crippen LogP contribution is -2.46. The maximum atomic E-state index is 5.36. The topological polar surface area (TPSA) is 24.5 Å². The Bertz CT molecular complexity index is 150. The molecule has 1 aliphatic heterocycles. The van der Waals surface area contributed by atoms with Crippen LogP contribution in [-0.4, -0.2) is 50.3 Å². The minimum atomic E-state index is 0.569. The van der Waals surface area contributed by atoms with Crippen molar-refractivity contribution >= 4 is 0 Å². The average Bonchev–Trinajstić information content (AvgIpc) is 2.15. The van der Waals surface area contributed by atoms with E-state index < -0.39 is 0 Å². The molecule has 0 saturated carbocycles. The zero-order valence-corrected chi connectivity index (χ0v) is 8.46. The first-order valence-electron chi connectivity index (χ1n) is 4.98. The normalized spacial score (nSPS) is 24.5. The van der Waals surface area contributed by atoms with Crippen molar-refractivity contribution < 1.29 is 4.74 Å². The molecule has 76 valence electrons. The highest BCUT2D eigenvalue weighted by Gasteiger charge is 2.17. The molecule has 3 nitrogen and oxygen atoms in total. The number of rotatable bonds is 5. The fraction of sp³-hybridized carbons (Fsp3) is 0.800. The molecular formula is C10H20N2O. The number of nitrogens with zero attached hydrogens (tertiary/aromatic N) is 1. The van der Waals surface area contributed by atoms with Crippen LogP contribution in [0.25, 0.3) is 0 Å². The Kier molecular flexibility index (Phi) is 5.05. The Balaban J connectivity index is 2.08. The van der Waals surface area contributed by atoms with Gasteiger partial charge in [-0.1, -0.05) is 6.08 Å². The molecule has 0 spiro atoms. The summed E-state index contributed by atoms with van der Waals surface area (Å²) in [6.45, 7) is 11.8. The van der Waals surface area contributed by atoms with Crippen molar-refractivity contribution in [3.8, 4) is 0 Å². The van der Waals surface area contributed by atoms with Crippen molar-refractivity contribution in [1.82, 2.24) is 10.2 Å². The van der Waals surface area contributed by atoms with E-state index in [0.717, 1.165) is 39.4 Å². The molecule has 1 saturated heterocycles. The molecule has 0 aromatic carbocycles. The SMILES string of the molecule is C=CCNCCN1CCOCC1C. The van der Waals surface area contributed by atoms with Gasteiger partial charge in [-0.05, 0) is 6.92 Å². The highest BCUT2D eigenvalue weighted by atomic mass is 16.5. The number of morpholine rings is 1. The van der Waals surface area contributed by atoms with E-state index in [0.29, 0.717) is 6.04 Å². The van der Waals surface area contributed by atoms with Gasteiger partial charge in [-0.15, -0.1) is 6.58 Å². The van der Waals surface area contributed by atoms with Crippen LogP contribution in [-0.2, 0) is 4.74 Å². The second-order valence-electron chi connectivity index (χ2n) is 3.45. The second kappa shape index (κ2) is 6.13. The van der Waals surface area contributed by atoms with E-state index in [1.807, 2.05) is 6.08 Å². The summed E-state index contributed by atoms with van der Waals surface area (Å²) < 4.78 is 5.36. The summed E-state index contributed by atoms with van der Waals surface area (Å²) in [6, 6.07) is 0.569. The number of nitrogens with one attached hydrogen (secondary N) is 1. The summed E-state index contributed by atoms with van der Waals surface area (Å²) in [5, 5.41) is 3.30. The van der Waals surface area contributed by atoms with Crippen molar-refractivity contribution in [1.29, 1.82) is 0 Å². The van der Waals surface area contributed by atoms with E-state index in [9.17, 15) is 0 Å². The fourth-order valence-electron chi connectivity index (χ4n) is 1.52. The second-order valence-corrected chi connectivity index (χ2v) is 3.45. The van der Waals surface area contributed by atoms with Gasteiger partial charge in [-0.2, -0.15) is 0 Å². The highest BCUT2D eigenvalue weighted by molar-refractivity contribution is 4.73. The Morgan fingerprint density at radius 2 is 2.54 bits per heavy atom. The molecule has 13 heavy (non-hydrogen) atoms. The van der Waals surface area contributed by atoms with Crippen LogP contribution in [0.5, 0.6) is 0 Å². The molecule has 0 radical (unpaired) electrons. The van der Waals surface area contributed by atoms with E-state index in [1.54, 1.807) is 0 Å². The lowest BCUT2D eigenvalue weighted by Gasteiger charge is -2.33. The molecule has 0 aromatic rings. The summed E-state index contributed by atoms with van der Waals surface area (Å²) >= 11 is 0. The van der Waals surface area contributed by atoms with E-state index in [-0.39, 0.29) is 0 Å². The fourth-order valence-corrected chi connectivity index (χ4v) is 1.52. The van der Waals surface area contributed by atoms with Gasteiger partial charge in [0.15, 0.2) is 0 Å². The van der Waals surface area contributed by atoms with Gasteiger partial charge >= 0.3 is 0 Å². The first-order chi connectivity index (χ1) is 6.34. The lowest BCUT2D eigenvalue weighted by molar-refractivity contribution is 0.000537. The van der Waals surface area contributed by atoms with Crippen LogP contribution >= 0.6 is 0 Å². The lowest BCUT2D eigenvalue weighted by atomic mass is 10.2. The number of hydrogen-bond acceptors (Lipinski definition) is 3. The predicted molar refractivity (Wildman–Crippen MR) is 54.9 cm³/mol. The van der Waals surface area contributed by atoms with Crippen LogP contribution in [0.4, 0.5) is 0 Å². The maximum absolute atomic E-state index is 5.36. The Morgan fingerprint density at radius 1 is 1.69 bits per heavy atom. The Hall–Kier alpha value is -0.380. The predicted octanol–water partition coefficient (Wildman–Crippen LogP) is 0.483. The van der Waals surface area contributed by atoms with Gasteiger partial charge in [-0.3, -0.25) is 4.90 Å². The molecule has 0 aromatic heterocycles. The minimum Gasteiger partial charge on any atom is -0.379 e. The third-order valence-corrected chi connectivity index (χ3v) is 2.37. The van der Waals surface area contributed by atoms with Crippen LogP contribution in [0.1, 0.15) is 6.92 Å². The maximum Gasteiger partial charge on any atom is 0.0619 e. The first-order valence-corrected chi connectivity index (χ1v) is 4.98. The highest BCUT2D eigenvalue weighted by Crippen LogP contribution is 2.04. The molecule has 1 rings (SSSR count). The molecule has 0 aliphatic carbocycles. The van der Waals surface area contributed by atoms with Gasteiger partial charge in [0.25, 0.3) is 0 Å². The molecule has 1 unspecified atom stereocenters. The molecule has 3 heteroatoms. The quantitative estimate of drug-likeness (QED) is 0.497. The summed E-state index contributed by atoms with van der Waals surface area (Å²) in [6.07, 6.45) is 1.89. The molecule has 1 fully saturated rings. The van der Waals surface area contributed by atoms with Crippen LogP contribution in [0.2, 0.25) is 0 Å². The Labute approximate surface area is 80.8 Å². The van der Waals surface area contributed by atoms with Gasteiger partial charge in [0.05, 0.1) is 13.2 Å².